The van der Waals surface area contributed by atoms with Crippen molar-refractivity contribution >= 4 is 0 Å². The Morgan fingerprint density at radius 3 is 2.35 bits per heavy atom. The van der Waals surface area contributed by atoms with E-state index in [1.54, 1.807) is 0 Å². The first kappa shape index (κ1) is 15.0. The molecule has 1 nitrogen and oxygen atoms in total. The number of hydrogen-bond acceptors (Lipinski definition) is 1. The van der Waals surface area contributed by atoms with E-state index in [1.165, 1.54) is 57.8 Å². The van der Waals surface area contributed by atoms with Crippen molar-refractivity contribution in [2.24, 2.45) is 5.92 Å². The Labute approximate surface area is 109 Å². The maximum Gasteiger partial charge on any atom is 0.00976 e. The Balaban J connectivity index is 2.24. The van der Waals surface area contributed by atoms with Crippen LogP contribution in [0.15, 0.2) is 0 Å². The second kappa shape index (κ2) is 8.13. The zero-order valence-electron chi connectivity index (χ0n) is 12.5. The van der Waals surface area contributed by atoms with Gasteiger partial charge in [-0.1, -0.05) is 52.4 Å². The summed E-state index contributed by atoms with van der Waals surface area (Å²) >= 11 is 0. The average molecular weight is 239 g/mol. The van der Waals surface area contributed by atoms with Gasteiger partial charge >= 0.3 is 0 Å². The van der Waals surface area contributed by atoms with Crippen molar-refractivity contribution < 1.29 is 0 Å². The molecule has 17 heavy (non-hydrogen) atoms. The molecule has 1 aliphatic rings. The molecule has 0 aromatic carbocycles. The molecule has 0 amide bonds. The van der Waals surface area contributed by atoms with Gasteiger partial charge in [0.15, 0.2) is 0 Å². The van der Waals surface area contributed by atoms with Crippen LogP contribution in [0.25, 0.3) is 0 Å². The lowest BCUT2D eigenvalue weighted by Gasteiger charge is -2.42. The highest BCUT2D eigenvalue weighted by Crippen LogP contribution is 2.31. The maximum atomic E-state index is 2.64. The highest BCUT2D eigenvalue weighted by atomic mass is 15.2. The van der Waals surface area contributed by atoms with Crippen molar-refractivity contribution in [3.63, 3.8) is 0 Å². The molecular formula is C16H33N. The monoisotopic (exact) mass is 239 g/mol. The number of hydrogen-bond donors (Lipinski definition) is 0. The summed E-state index contributed by atoms with van der Waals surface area (Å²) in [6.07, 6.45) is 12.8. The van der Waals surface area contributed by atoms with Gasteiger partial charge in [-0.25, -0.2) is 0 Å². The molecule has 0 radical (unpaired) electrons. The number of rotatable bonds is 7. The van der Waals surface area contributed by atoms with Gasteiger partial charge in [-0.15, -0.1) is 0 Å². The minimum atomic E-state index is 0.800. The van der Waals surface area contributed by atoms with Gasteiger partial charge in [0.05, 0.1) is 0 Å². The zero-order valence-corrected chi connectivity index (χ0v) is 12.5. The summed E-state index contributed by atoms with van der Waals surface area (Å²) < 4.78 is 0. The van der Waals surface area contributed by atoms with Crippen LogP contribution in [0.5, 0.6) is 0 Å². The van der Waals surface area contributed by atoms with E-state index >= 15 is 0 Å². The summed E-state index contributed by atoms with van der Waals surface area (Å²) in [6, 6.07) is 1.67. The summed E-state index contributed by atoms with van der Waals surface area (Å²) in [6.45, 7) is 7.06. The molecule has 0 N–H and O–H groups in total. The normalized spacial score (nSPS) is 30.7. The fraction of sp³-hybridized carbons (Fsp3) is 1.00. The molecule has 3 unspecified atom stereocenters. The first-order valence-electron chi connectivity index (χ1n) is 7.90. The third kappa shape index (κ3) is 4.99. The van der Waals surface area contributed by atoms with Crippen molar-refractivity contribution in [3.8, 4) is 0 Å². The Kier molecular flexibility index (Phi) is 7.18. The van der Waals surface area contributed by atoms with E-state index in [1.807, 2.05) is 0 Å². The van der Waals surface area contributed by atoms with Crippen LogP contribution in [0.1, 0.15) is 78.6 Å². The fourth-order valence-corrected chi connectivity index (χ4v) is 3.29. The third-order valence-corrected chi connectivity index (χ3v) is 4.77. The molecule has 1 rings (SSSR count). The number of nitrogens with zero attached hydrogens (tertiary/aromatic N) is 1. The standard InChI is InChI=1S/C16H33N/c1-5-7-8-9-10-11-16-13-15(6-2)12-14(3)17(16)4/h14-16H,5-13H2,1-4H3. The first-order chi connectivity index (χ1) is 8.19. The summed E-state index contributed by atoms with van der Waals surface area (Å²) in [5.41, 5.74) is 0. The minimum Gasteiger partial charge on any atom is -0.301 e. The van der Waals surface area contributed by atoms with Crippen LogP contribution < -0.4 is 0 Å². The number of piperidine rings is 1. The van der Waals surface area contributed by atoms with Gasteiger partial charge in [0.2, 0.25) is 0 Å². The molecule has 0 bridgehead atoms. The third-order valence-electron chi connectivity index (χ3n) is 4.77. The molecule has 1 aliphatic heterocycles. The van der Waals surface area contributed by atoms with E-state index in [2.05, 4.69) is 32.7 Å². The molecule has 0 saturated carbocycles. The SMILES string of the molecule is CCCCCCCC1CC(CC)CC(C)N1C. The van der Waals surface area contributed by atoms with E-state index in [4.69, 9.17) is 0 Å². The Morgan fingerprint density at radius 2 is 1.71 bits per heavy atom. The fourth-order valence-electron chi connectivity index (χ4n) is 3.29. The van der Waals surface area contributed by atoms with Gasteiger partial charge in [-0.3, -0.25) is 0 Å². The topological polar surface area (TPSA) is 3.24 Å². The summed E-state index contributed by atoms with van der Waals surface area (Å²) in [5.74, 6) is 0.988. The van der Waals surface area contributed by atoms with Crippen LogP contribution in [0.4, 0.5) is 0 Å². The second-order valence-corrected chi connectivity index (χ2v) is 6.12. The summed E-state index contributed by atoms with van der Waals surface area (Å²) in [4.78, 5) is 2.64. The highest BCUT2D eigenvalue weighted by molar-refractivity contribution is 4.84. The molecule has 0 aliphatic carbocycles. The first-order valence-corrected chi connectivity index (χ1v) is 7.90. The van der Waals surface area contributed by atoms with Crippen LogP contribution in [0.3, 0.4) is 0 Å². The van der Waals surface area contributed by atoms with Gasteiger partial charge in [-0.05, 0) is 39.2 Å². The predicted octanol–water partition coefficient (Wildman–Crippen LogP) is 4.86. The molecule has 1 heterocycles. The molecule has 3 atom stereocenters. The van der Waals surface area contributed by atoms with Crippen molar-refractivity contribution in [1.82, 2.24) is 4.90 Å². The van der Waals surface area contributed by atoms with Crippen molar-refractivity contribution in [1.29, 1.82) is 0 Å². The lowest BCUT2D eigenvalue weighted by atomic mass is 9.83. The van der Waals surface area contributed by atoms with Crippen LogP contribution in [-0.2, 0) is 0 Å². The summed E-state index contributed by atoms with van der Waals surface area (Å²) in [5, 5.41) is 0. The van der Waals surface area contributed by atoms with Crippen LogP contribution in [-0.4, -0.2) is 24.0 Å². The molecule has 102 valence electrons. The van der Waals surface area contributed by atoms with E-state index in [-0.39, 0.29) is 0 Å². The smallest absolute Gasteiger partial charge is 0.00976 e. The van der Waals surface area contributed by atoms with Crippen molar-refractivity contribution in [3.05, 3.63) is 0 Å². The van der Waals surface area contributed by atoms with E-state index in [0.29, 0.717) is 0 Å². The molecular weight excluding hydrogens is 206 g/mol. The Bertz CT molecular complexity index is 190. The van der Waals surface area contributed by atoms with Gasteiger partial charge < -0.3 is 4.90 Å². The van der Waals surface area contributed by atoms with Crippen LogP contribution >= 0.6 is 0 Å². The predicted molar refractivity (Wildman–Crippen MR) is 77.4 cm³/mol. The van der Waals surface area contributed by atoms with Gasteiger partial charge in [0.25, 0.3) is 0 Å². The van der Waals surface area contributed by atoms with Crippen molar-refractivity contribution in [2.45, 2.75) is 90.6 Å². The molecule has 0 aromatic rings. The molecule has 1 heteroatoms. The Morgan fingerprint density at radius 1 is 1.00 bits per heavy atom. The van der Waals surface area contributed by atoms with E-state index in [9.17, 15) is 0 Å². The van der Waals surface area contributed by atoms with Crippen LogP contribution in [0.2, 0.25) is 0 Å². The quantitative estimate of drug-likeness (QED) is 0.574. The summed E-state index contributed by atoms with van der Waals surface area (Å²) in [7, 11) is 2.34. The minimum absolute atomic E-state index is 0.800. The average Bonchev–Trinajstić information content (AvgIpc) is 2.33. The number of likely N-dealkylation sites (tertiary alicyclic amines) is 1. The van der Waals surface area contributed by atoms with Gasteiger partial charge in [-0.2, -0.15) is 0 Å². The molecule has 1 fully saturated rings. The zero-order chi connectivity index (χ0) is 12.7. The van der Waals surface area contributed by atoms with Crippen LogP contribution in [0, 0.1) is 5.92 Å². The maximum absolute atomic E-state index is 2.64. The highest BCUT2D eigenvalue weighted by Gasteiger charge is 2.29. The van der Waals surface area contributed by atoms with Crippen molar-refractivity contribution in [2.75, 3.05) is 7.05 Å². The lowest BCUT2D eigenvalue weighted by molar-refractivity contribution is 0.0789. The largest absolute Gasteiger partial charge is 0.301 e. The Hall–Kier alpha value is -0.0400. The second-order valence-electron chi connectivity index (χ2n) is 6.12. The number of unbranched alkanes of at least 4 members (excludes halogenated alkanes) is 4. The molecule has 0 aromatic heterocycles. The van der Waals surface area contributed by atoms with E-state index < -0.39 is 0 Å². The molecule has 1 saturated heterocycles. The van der Waals surface area contributed by atoms with E-state index in [0.717, 1.165) is 18.0 Å². The molecule has 0 spiro atoms. The lowest BCUT2D eigenvalue weighted by Crippen LogP contribution is -2.45. The van der Waals surface area contributed by atoms with Gasteiger partial charge in [0.1, 0.15) is 0 Å². The van der Waals surface area contributed by atoms with Gasteiger partial charge in [0, 0.05) is 12.1 Å².